The lowest BCUT2D eigenvalue weighted by Gasteiger charge is -2.30. The summed E-state index contributed by atoms with van der Waals surface area (Å²) in [7, 11) is 1.49. The van der Waals surface area contributed by atoms with E-state index in [1.807, 2.05) is 18.3 Å². The summed E-state index contributed by atoms with van der Waals surface area (Å²) in [6.45, 7) is 2.18. The Balaban J connectivity index is 1.37. The minimum Gasteiger partial charge on any atom is -0.479 e. The van der Waals surface area contributed by atoms with Gasteiger partial charge in [-0.1, -0.05) is 6.07 Å². The van der Waals surface area contributed by atoms with Gasteiger partial charge in [0.15, 0.2) is 0 Å². The van der Waals surface area contributed by atoms with Gasteiger partial charge in [0.1, 0.15) is 17.2 Å². The second-order valence-electron chi connectivity index (χ2n) is 8.16. The summed E-state index contributed by atoms with van der Waals surface area (Å²) in [5.41, 5.74) is 2.07. The number of nitrogens with one attached hydrogen (secondary N) is 1. The molecule has 9 heteroatoms. The quantitative estimate of drug-likeness (QED) is 0.681. The Hall–Kier alpha value is -3.67. The maximum Gasteiger partial charge on any atom is 0.263 e. The third-order valence-corrected chi connectivity index (χ3v) is 6.16. The van der Waals surface area contributed by atoms with Crippen LogP contribution in [0.1, 0.15) is 54.5 Å². The first-order chi connectivity index (χ1) is 15.1. The van der Waals surface area contributed by atoms with Gasteiger partial charge in [0.2, 0.25) is 5.88 Å². The van der Waals surface area contributed by atoms with E-state index in [0.29, 0.717) is 17.4 Å². The number of aryl methyl sites for hydroxylation is 1. The minimum absolute atomic E-state index is 0.0529. The van der Waals surface area contributed by atoms with Gasteiger partial charge in [-0.25, -0.2) is 9.97 Å². The van der Waals surface area contributed by atoms with E-state index in [1.165, 1.54) is 7.11 Å². The van der Waals surface area contributed by atoms with Crippen molar-refractivity contribution in [1.29, 1.82) is 5.26 Å². The first-order valence-electron chi connectivity index (χ1n) is 10.4. The van der Waals surface area contributed by atoms with E-state index >= 15 is 0 Å². The zero-order valence-electron chi connectivity index (χ0n) is 17.4. The average molecular weight is 417 g/mol. The number of amides is 1. The van der Waals surface area contributed by atoms with Gasteiger partial charge in [-0.05, 0) is 38.3 Å². The highest BCUT2D eigenvalue weighted by Crippen LogP contribution is 2.38. The van der Waals surface area contributed by atoms with E-state index in [1.54, 1.807) is 16.9 Å². The predicted molar refractivity (Wildman–Crippen MR) is 113 cm³/mol. The molecule has 3 aromatic heterocycles. The van der Waals surface area contributed by atoms with Crippen molar-refractivity contribution in [1.82, 2.24) is 24.3 Å². The molecule has 1 aliphatic heterocycles. The van der Waals surface area contributed by atoms with Crippen molar-refractivity contribution in [2.45, 2.75) is 44.7 Å². The Morgan fingerprint density at radius 2 is 2.19 bits per heavy atom. The summed E-state index contributed by atoms with van der Waals surface area (Å²) in [5.74, 6) is 1.50. The number of nitrogens with zero attached hydrogens (tertiary/aromatic N) is 6. The second kappa shape index (κ2) is 7.54. The summed E-state index contributed by atoms with van der Waals surface area (Å²) in [4.78, 5) is 22.1. The number of nitriles is 1. The average Bonchev–Trinajstić information content (AvgIpc) is 3.44. The highest BCUT2D eigenvalue weighted by Gasteiger charge is 2.32. The van der Waals surface area contributed by atoms with Gasteiger partial charge in [-0.3, -0.25) is 9.48 Å². The fraction of sp³-hybridized carbons (Fsp3) is 0.409. The fourth-order valence-electron chi connectivity index (χ4n) is 4.34. The van der Waals surface area contributed by atoms with E-state index in [-0.39, 0.29) is 23.7 Å². The van der Waals surface area contributed by atoms with Crippen LogP contribution in [0.2, 0.25) is 0 Å². The molecule has 4 heterocycles. The molecule has 0 unspecified atom stereocenters. The molecule has 0 spiro atoms. The molecule has 2 aliphatic rings. The van der Waals surface area contributed by atoms with Crippen LogP contribution in [0.4, 0.5) is 5.82 Å². The van der Waals surface area contributed by atoms with Crippen LogP contribution in [0.25, 0.3) is 11.4 Å². The lowest BCUT2D eigenvalue weighted by Crippen LogP contribution is -2.26. The van der Waals surface area contributed by atoms with Crippen LogP contribution in [0.5, 0.6) is 5.88 Å². The number of anilines is 1. The first kappa shape index (κ1) is 19.3. The molecule has 1 saturated carbocycles. The number of fused-ring (bicyclic) bond motifs is 1. The number of carbonyl (C=O) groups is 1. The summed E-state index contributed by atoms with van der Waals surface area (Å²) in [6, 6.07) is 8.31. The highest BCUT2D eigenvalue weighted by atomic mass is 16.5. The Morgan fingerprint density at radius 3 is 2.97 bits per heavy atom. The van der Waals surface area contributed by atoms with Crippen LogP contribution in [0.3, 0.4) is 0 Å². The molecule has 5 rings (SSSR count). The summed E-state index contributed by atoms with van der Waals surface area (Å²) in [6.07, 6.45) is 7.05. The number of methoxy groups -OCH3 is 1. The van der Waals surface area contributed by atoms with Crippen molar-refractivity contribution in [3.8, 4) is 23.3 Å². The van der Waals surface area contributed by atoms with Crippen LogP contribution < -0.4 is 10.1 Å². The third-order valence-electron chi connectivity index (χ3n) is 6.16. The van der Waals surface area contributed by atoms with Crippen LogP contribution >= 0.6 is 0 Å². The lowest BCUT2D eigenvalue weighted by molar-refractivity contribution is 0.102. The van der Waals surface area contributed by atoms with Crippen molar-refractivity contribution in [3.63, 3.8) is 0 Å². The van der Waals surface area contributed by atoms with Crippen molar-refractivity contribution in [3.05, 3.63) is 42.0 Å². The number of hydrogen-bond donors (Lipinski definition) is 1. The zero-order chi connectivity index (χ0) is 21.5. The monoisotopic (exact) mass is 417 g/mol. The number of aromatic nitrogens is 5. The molecular formula is C22H23N7O2. The zero-order valence-corrected chi connectivity index (χ0v) is 17.4. The van der Waals surface area contributed by atoms with Crippen molar-refractivity contribution in [2.24, 2.45) is 5.92 Å². The van der Waals surface area contributed by atoms with Crippen molar-refractivity contribution < 1.29 is 9.53 Å². The van der Waals surface area contributed by atoms with Crippen molar-refractivity contribution >= 4 is 11.7 Å². The molecule has 31 heavy (non-hydrogen) atoms. The molecule has 3 aromatic rings. The maximum atomic E-state index is 12.9. The molecular weight excluding hydrogens is 394 g/mol. The molecule has 1 N–H and O–H groups in total. The topological polar surface area (TPSA) is 111 Å². The molecule has 0 bridgehead atoms. The molecule has 0 aromatic carbocycles. The largest absolute Gasteiger partial charge is 0.479 e. The normalized spacial score (nSPS) is 21.8. The van der Waals surface area contributed by atoms with Crippen molar-refractivity contribution in [2.75, 3.05) is 12.4 Å². The maximum absolute atomic E-state index is 12.9. The molecule has 1 amide bonds. The van der Waals surface area contributed by atoms with E-state index in [2.05, 4.69) is 37.9 Å². The van der Waals surface area contributed by atoms with Gasteiger partial charge < -0.3 is 14.6 Å². The van der Waals surface area contributed by atoms with Crippen LogP contribution in [-0.2, 0) is 6.42 Å². The van der Waals surface area contributed by atoms with E-state index in [4.69, 9.17) is 10.00 Å². The first-order valence-corrected chi connectivity index (χ1v) is 10.4. The third kappa shape index (κ3) is 3.34. The van der Waals surface area contributed by atoms with Crippen LogP contribution in [0.15, 0.2) is 30.6 Å². The van der Waals surface area contributed by atoms with Crippen LogP contribution in [-0.4, -0.2) is 37.3 Å². The van der Waals surface area contributed by atoms with Gasteiger partial charge >= 0.3 is 0 Å². The number of hydrogen-bond acceptors (Lipinski definition) is 6. The van der Waals surface area contributed by atoms with E-state index < -0.39 is 0 Å². The summed E-state index contributed by atoms with van der Waals surface area (Å²) >= 11 is 0. The van der Waals surface area contributed by atoms with Gasteiger partial charge in [-0.2, -0.15) is 5.26 Å². The number of imidazole rings is 1. The molecule has 0 radical (unpaired) electrons. The van der Waals surface area contributed by atoms with Gasteiger partial charge in [-0.15, -0.1) is 5.10 Å². The number of carbonyl (C=O) groups excluding carboxylic acids is 1. The Bertz CT molecular complexity index is 1180. The standard InChI is InChI=1S/C22H23N7O2/c1-13-6-7-20-24-11-18(29(13)20)17-4-3-5-19(25-17)26-21(30)16-12-28(27-22(16)31-2)15-8-14(9-15)10-23/h3-5,11-15H,6-9H2,1-2H3,(H,25,26,30)/t13-,14?,15?/m0/s1. The Kier molecular flexibility index (Phi) is 4.70. The second-order valence-corrected chi connectivity index (χ2v) is 8.16. The molecule has 1 aliphatic carbocycles. The fourth-order valence-corrected chi connectivity index (χ4v) is 4.34. The smallest absolute Gasteiger partial charge is 0.263 e. The van der Waals surface area contributed by atoms with Gasteiger partial charge in [0.25, 0.3) is 5.91 Å². The highest BCUT2D eigenvalue weighted by molar-refractivity contribution is 6.05. The lowest BCUT2D eigenvalue weighted by atomic mass is 9.81. The molecule has 1 atom stereocenters. The Labute approximate surface area is 179 Å². The predicted octanol–water partition coefficient (Wildman–Crippen LogP) is 3.38. The SMILES string of the molecule is COc1nn(C2CC(C#N)C2)cc1C(=O)Nc1cccc(-c2cnc3n2[C@@H](C)CC3)n1. The molecule has 0 saturated heterocycles. The van der Waals surface area contributed by atoms with E-state index in [9.17, 15) is 4.79 Å². The number of pyridine rings is 1. The van der Waals surface area contributed by atoms with E-state index in [0.717, 1.165) is 42.9 Å². The summed E-state index contributed by atoms with van der Waals surface area (Å²) in [5, 5.41) is 16.2. The molecule has 158 valence electrons. The summed E-state index contributed by atoms with van der Waals surface area (Å²) < 4.78 is 9.25. The van der Waals surface area contributed by atoms with Gasteiger partial charge in [0, 0.05) is 18.7 Å². The molecule has 9 nitrogen and oxygen atoms in total. The number of ether oxygens (including phenoxy) is 1. The van der Waals surface area contributed by atoms with Crippen LogP contribution in [0, 0.1) is 17.2 Å². The minimum atomic E-state index is -0.337. The Morgan fingerprint density at radius 1 is 1.35 bits per heavy atom. The van der Waals surface area contributed by atoms with Gasteiger partial charge in [0.05, 0.1) is 42.7 Å². The number of rotatable bonds is 5. The molecule has 1 fully saturated rings.